The van der Waals surface area contributed by atoms with Crippen LogP contribution in [0.15, 0.2) is 0 Å². The van der Waals surface area contributed by atoms with Crippen LogP contribution in [0, 0.1) is 11.8 Å². The number of carbonyl (C=O) groups excluding carboxylic acids is 1. The van der Waals surface area contributed by atoms with Crippen molar-refractivity contribution in [2.75, 3.05) is 19.6 Å². The third-order valence-electron chi connectivity index (χ3n) is 3.72. The number of rotatable bonds is 6. The van der Waals surface area contributed by atoms with Crippen molar-refractivity contribution >= 4 is 5.91 Å². The average Bonchev–Trinajstić information content (AvgIpc) is 2.26. The van der Waals surface area contributed by atoms with Crippen molar-refractivity contribution in [2.24, 2.45) is 11.8 Å². The van der Waals surface area contributed by atoms with Gasteiger partial charge in [-0.25, -0.2) is 0 Å². The number of nitrogens with one attached hydrogen (secondary N) is 1. The van der Waals surface area contributed by atoms with E-state index in [4.69, 9.17) is 0 Å². The van der Waals surface area contributed by atoms with Crippen LogP contribution in [-0.2, 0) is 4.79 Å². The van der Waals surface area contributed by atoms with Crippen molar-refractivity contribution < 1.29 is 9.90 Å². The molecular formula is C15H30N2O2. The first kappa shape index (κ1) is 16.4. The number of carbonyl (C=O) groups is 1. The maximum Gasteiger partial charge on any atom is 0.217 e. The van der Waals surface area contributed by atoms with Crippen LogP contribution in [-0.4, -0.2) is 47.7 Å². The third-order valence-corrected chi connectivity index (χ3v) is 3.72. The summed E-state index contributed by atoms with van der Waals surface area (Å²) in [5.74, 6) is 1.17. The van der Waals surface area contributed by atoms with Gasteiger partial charge in [-0.3, -0.25) is 4.79 Å². The van der Waals surface area contributed by atoms with Crippen LogP contribution in [0.1, 0.15) is 47.0 Å². The van der Waals surface area contributed by atoms with Crippen molar-refractivity contribution in [3.05, 3.63) is 0 Å². The molecule has 0 spiro atoms. The Hall–Kier alpha value is -0.610. The van der Waals surface area contributed by atoms with Crippen LogP contribution in [0.4, 0.5) is 0 Å². The lowest BCUT2D eigenvalue weighted by Crippen LogP contribution is -2.51. The van der Waals surface area contributed by atoms with Gasteiger partial charge in [0.1, 0.15) is 0 Å². The molecule has 1 aliphatic rings. The highest BCUT2D eigenvalue weighted by Gasteiger charge is 2.28. The molecule has 112 valence electrons. The van der Waals surface area contributed by atoms with E-state index in [0.29, 0.717) is 11.8 Å². The minimum Gasteiger partial charge on any atom is -0.393 e. The molecule has 1 saturated heterocycles. The molecule has 0 bridgehead atoms. The lowest BCUT2D eigenvalue weighted by molar-refractivity contribution is -0.120. The van der Waals surface area contributed by atoms with Gasteiger partial charge in [-0.05, 0) is 31.1 Å². The molecule has 0 saturated carbocycles. The highest BCUT2D eigenvalue weighted by atomic mass is 16.3. The minimum absolute atomic E-state index is 0.0474. The summed E-state index contributed by atoms with van der Waals surface area (Å²) in [6.45, 7) is 11.1. The highest BCUT2D eigenvalue weighted by molar-refractivity contribution is 5.73. The van der Waals surface area contributed by atoms with Crippen molar-refractivity contribution in [2.45, 2.75) is 59.1 Å². The quantitative estimate of drug-likeness (QED) is 0.771. The Labute approximate surface area is 117 Å². The molecule has 2 N–H and O–H groups in total. The summed E-state index contributed by atoms with van der Waals surface area (Å²) in [6, 6.07) is 0.235. The van der Waals surface area contributed by atoms with Gasteiger partial charge in [0.05, 0.1) is 6.10 Å². The number of piperidine rings is 1. The normalized spacial score (nSPS) is 26.4. The first-order chi connectivity index (χ1) is 8.90. The topological polar surface area (TPSA) is 52.6 Å². The molecule has 19 heavy (non-hydrogen) atoms. The fourth-order valence-corrected chi connectivity index (χ4v) is 3.08. The second-order valence-electron chi connectivity index (χ2n) is 6.41. The number of hydrogen-bond donors (Lipinski definition) is 2. The average molecular weight is 270 g/mol. The summed E-state index contributed by atoms with van der Waals surface area (Å²) in [5.41, 5.74) is 0. The monoisotopic (exact) mass is 270 g/mol. The molecule has 3 unspecified atom stereocenters. The molecule has 0 aromatic rings. The number of likely N-dealkylation sites (tertiary alicyclic amines) is 1. The molecule has 0 radical (unpaired) electrons. The van der Waals surface area contributed by atoms with Gasteiger partial charge in [0.15, 0.2) is 0 Å². The summed E-state index contributed by atoms with van der Waals surface area (Å²) in [7, 11) is 0. The first-order valence-electron chi connectivity index (χ1n) is 7.58. The molecule has 4 heteroatoms. The van der Waals surface area contributed by atoms with E-state index in [2.05, 4.69) is 24.1 Å². The Morgan fingerprint density at radius 1 is 1.42 bits per heavy atom. The molecule has 1 rings (SSSR count). The smallest absolute Gasteiger partial charge is 0.217 e. The van der Waals surface area contributed by atoms with Gasteiger partial charge in [-0.2, -0.15) is 0 Å². The molecule has 3 atom stereocenters. The van der Waals surface area contributed by atoms with E-state index in [-0.39, 0.29) is 18.1 Å². The molecule has 0 aromatic heterocycles. The van der Waals surface area contributed by atoms with Crippen molar-refractivity contribution in [3.63, 3.8) is 0 Å². The lowest BCUT2D eigenvalue weighted by atomic mass is 9.88. The zero-order chi connectivity index (χ0) is 14.4. The van der Waals surface area contributed by atoms with Gasteiger partial charge in [0, 0.05) is 32.6 Å². The summed E-state index contributed by atoms with van der Waals surface area (Å²) >= 11 is 0. The van der Waals surface area contributed by atoms with E-state index in [1.165, 1.54) is 0 Å². The highest BCUT2D eigenvalue weighted by Crippen LogP contribution is 2.23. The van der Waals surface area contributed by atoms with Crippen molar-refractivity contribution in [3.8, 4) is 0 Å². The maximum atomic E-state index is 11.2. The van der Waals surface area contributed by atoms with Crippen LogP contribution in [0.5, 0.6) is 0 Å². The Kier molecular flexibility index (Phi) is 6.80. The SMILES string of the molecule is CCC(O)CC1CC(NC(C)=O)CN(CC(C)C)C1. The van der Waals surface area contributed by atoms with Gasteiger partial charge < -0.3 is 15.3 Å². The Balaban J connectivity index is 2.57. The van der Waals surface area contributed by atoms with Crippen LogP contribution in [0.25, 0.3) is 0 Å². The van der Waals surface area contributed by atoms with Gasteiger partial charge >= 0.3 is 0 Å². The van der Waals surface area contributed by atoms with E-state index in [1.54, 1.807) is 6.92 Å². The molecule has 4 nitrogen and oxygen atoms in total. The largest absolute Gasteiger partial charge is 0.393 e. The molecule has 1 heterocycles. The number of hydrogen-bond acceptors (Lipinski definition) is 3. The maximum absolute atomic E-state index is 11.2. The summed E-state index contributed by atoms with van der Waals surface area (Å²) in [6.07, 6.45) is 2.44. The lowest BCUT2D eigenvalue weighted by Gasteiger charge is -2.39. The summed E-state index contributed by atoms with van der Waals surface area (Å²) < 4.78 is 0. The molecular weight excluding hydrogens is 240 g/mol. The zero-order valence-corrected chi connectivity index (χ0v) is 12.9. The zero-order valence-electron chi connectivity index (χ0n) is 12.9. The molecule has 1 amide bonds. The summed E-state index contributed by atoms with van der Waals surface area (Å²) in [4.78, 5) is 13.7. The van der Waals surface area contributed by atoms with E-state index < -0.39 is 0 Å². The van der Waals surface area contributed by atoms with Crippen molar-refractivity contribution in [1.29, 1.82) is 0 Å². The molecule has 0 aliphatic carbocycles. The van der Waals surface area contributed by atoms with Gasteiger partial charge in [-0.1, -0.05) is 20.8 Å². The summed E-state index contributed by atoms with van der Waals surface area (Å²) in [5, 5.41) is 12.9. The van der Waals surface area contributed by atoms with E-state index in [0.717, 1.165) is 38.9 Å². The Bertz CT molecular complexity index is 281. The minimum atomic E-state index is -0.207. The number of nitrogens with zero attached hydrogens (tertiary/aromatic N) is 1. The van der Waals surface area contributed by atoms with E-state index >= 15 is 0 Å². The van der Waals surface area contributed by atoms with Crippen LogP contribution in [0.2, 0.25) is 0 Å². The second kappa shape index (κ2) is 7.85. The Morgan fingerprint density at radius 2 is 2.11 bits per heavy atom. The van der Waals surface area contributed by atoms with Crippen LogP contribution < -0.4 is 5.32 Å². The van der Waals surface area contributed by atoms with E-state index in [1.807, 2.05) is 6.92 Å². The van der Waals surface area contributed by atoms with E-state index in [9.17, 15) is 9.90 Å². The van der Waals surface area contributed by atoms with Gasteiger partial charge in [0.2, 0.25) is 5.91 Å². The van der Waals surface area contributed by atoms with Crippen molar-refractivity contribution in [1.82, 2.24) is 10.2 Å². The number of aliphatic hydroxyl groups is 1. The predicted molar refractivity (Wildman–Crippen MR) is 77.9 cm³/mol. The fraction of sp³-hybridized carbons (Fsp3) is 0.933. The molecule has 1 fully saturated rings. The van der Waals surface area contributed by atoms with Crippen LogP contribution >= 0.6 is 0 Å². The first-order valence-corrected chi connectivity index (χ1v) is 7.58. The fourth-order valence-electron chi connectivity index (χ4n) is 3.08. The van der Waals surface area contributed by atoms with Gasteiger partial charge in [0.25, 0.3) is 0 Å². The molecule has 1 aliphatic heterocycles. The standard InChI is InChI=1S/C15H30N2O2/c1-5-15(19)7-13-6-14(16-12(4)18)10-17(9-13)8-11(2)3/h11,13-15,19H,5-10H2,1-4H3,(H,16,18). The third kappa shape index (κ3) is 6.39. The van der Waals surface area contributed by atoms with Gasteiger partial charge in [-0.15, -0.1) is 0 Å². The second-order valence-corrected chi connectivity index (χ2v) is 6.41. The molecule has 0 aromatic carbocycles. The number of amides is 1. The van der Waals surface area contributed by atoms with Crippen LogP contribution in [0.3, 0.4) is 0 Å². The number of aliphatic hydroxyl groups excluding tert-OH is 1. The Morgan fingerprint density at radius 3 is 2.63 bits per heavy atom. The predicted octanol–water partition coefficient (Wildman–Crippen LogP) is 1.63.